The molecule has 0 radical (unpaired) electrons. The number of rotatable bonds is 3. The molecule has 1 aromatic rings. The molecule has 0 aliphatic carbocycles. The Labute approximate surface area is 134 Å². The lowest BCUT2D eigenvalue weighted by molar-refractivity contribution is -0.144. The molecule has 128 valence electrons. The second-order valence-corrected chi connectivity index (χ2v) is 5.29. The molecule has 6 nitrogen and oxygen atoms in total. The van der Waals surface area contributed by atoms with Crippen molar-refractivity contribution in [2.45, 2.75) is 25.9 Å². The maximum atomic E-state index is 13.3. The molecule has 2 atom stereocenters. The van der Waals surface area contributed by atoms with Gasteiger partial charge in [-0.25, -0.2) is 4.79 Å². The Kier molecular flexibility index (Phi) is 4.46. The van der Waals surface area contributed by atoms with Crippen LogP contribution >= 0.6 is 0 Å². The Morgan fingerprint density at radius 3 is 2.33 bits per heavy atom. The number of alkyl halides is 3. The molecule has 2 heterocycles. The molecule has 0 saturated heterocycles. The van der Waals surface area contributed by atoms with Gasteiger partial charge >= 0.3 is 18.1 Å². The van der Waals surface area contributed by atoms with Gasteiger partial charge in [0.05, 0.1) is 5.57 Å². The second-order valence-electron chi connectivity index (χ2n) is 5.29. The third kappa shape index (κ3) is 3.01. The van der Waals surface area contributed by atoms with Gasteiger partial charge < -0.3 is 10.2 Å². The van der Waals surface area contributed by atoms with E-state index in [1.807, 2.05) is 0 Å². The summed E-state index contributed by atoms with van der Waals surface area (Å²) >= 11 is 0. The summed E-state index contributed by atoms with van der Waals surface area (Å²) in [6.07, 6.45) is -3.93. The molecule has 0 aromatic carbocycles. The van der Waals surface area contributed by atoms with Crippen molar-refractivity contribution in [3.8, 4) is 0 Å². The molecule has 0 spiro atoms. The van der Waals surface area contributed by atoms with Gasteiger partial charge in [-0.3, -0.25) is 14.8 Å². The quantitative estimate of drug-likeness (QED) is 0.880. The summed E-state index contributed by atoms with van der Waals surface area (Å²) in [5.41, 5.74) is -2.27. The maximum Gasteiger partial charge on any atom is 0.433 e. The Morgan fingerprint density at radius 1 is 1.21 bits per heavy atom. The molecule has 0 fully saturated rings. The van der Waals surface area contributed by atoms with Gasteiger partial charge in [0.1, 0.15) is 11.6 Å². The molecule has 24 heavy (non-hydrogen) atoms. The van der Waals surface area contributed by atoms with Crippen LogP contribution in [0.3, 0.4) is 0 Å². The van der Waals surface area contributed by atoms with Crippen molar-refractivity contribution < 1.29 is 33.0 Å². The van der Waals surface area contributed by atoms with Crippen LogP contribution in [0.2, 0.25) is 0 Å². The highest BCUT2D eigenvalue weighted by Crippen LogP contribution is 2.43. The highest BCUT2D eigenvalue weighted by molar-refractivity contribution is 6.06. The van der Waals surface area contributed by atoms with Crippen molar-refractivity contribution in [2.75, 3.05) is 0 Å². The number of halogens is 3. The minimum absolute atomic E-state index is 0.0283. The van der Waals surface area contributed by atoms with Crippen LogP contribution < -0.4 is 0 Å². The van der Waals surface area contributed by atoms with Gasteiger partial charge in [0.2, 0.25) is 0 Å². The lowest BCUT2D eigenvalue weighted by atomic mass is 9.75. The number of aromatic nitrogens is 1. The van der Waals surface area contributed by atoms with Crippen LogP contribution in [0.25, 0.3) is 0 Å². The molecule has 1 aromatic heterocycles. The molecule has 1 aliphatic heterocycles. The summed E-state index contributed by atoms with van der Waals surface area (Å²) in [4.78, 5) is 30.3. The average molecular weight is 342 g/mol. The van der Waals surface area contributed by atoms with Crippen LogP contribution in [0.5, 0.6) is 0 Å². The number of carboxylic acid groups (broad SMARTS) is 2. The number of carbonyl (C=O) groups is 2. The fraction of sp³-hybridized carbons (Fsp3) is 0.333. The Balaban J connectivity index is 2.80. The fourth-order valence-corrected chi connectivity index (χ4v) is 2.88. The number of carboxylic acids is 2. The smallest absolute Gasteiger partial charge is 0.433 e. The highest BCUT2D eigenvalue weighted by Gasteiger charge is 2.46. The minimum Gasteiger partial charge on any atom is -0.481 e. The molecular formula is C15H13F3N2O4. The Morgan fingerprint density at radius 2 is 1.83 bits per heavy atom. The van der Waals surface area contributed by atoms with Crippen LogP contribution in [0.1, 0.15) is 31.0 Å². The first-order valence-corrected chi connectivity index (χ1v) is 6.79. The third-order valence-electron chi connectivity index (χ3n) is 3.77. The number of hydrogen-bond acceptors (Lipinski definition) is 4. The summed E-state index contributed by atoms with van der Waals surface area (Å²) in [5.74, 6) is -6.03. The van der Waals surface area contributed by atoms with E-state index in [2.05, 4.69) is 9.98 Å². The zero-order valence-corrected chi connectivity index (χ0v) is 12.6. The lowest BCUT2D eigenvalue weighted by Crippen LogP contribution is -2.36. The number of nitrogens with zero attached hydrogens (tertiary/aromatic N) is 2. The molecule has 0 amide bonds. The van der Waals surface area contributed by atoms with E-state index in [-0.39, 0.29) is 11.4 Å². The van der Waals surface area contributed by atoms with Crippen molar-refractivity contribution in [1.29, 1.82) is 0 Å². The minimum atomic E-state index is -4.85. The van der Waals surface area contributed by atoms with Crippen LogP contribution in [-0.2, 0) is 15.8 Å². The number of allylic oxidation sites excluding steroid dienone is 1. The largest absolute Gasteiger partial charge is 0.481 e. The van der Waals surface area contributed by atoms with Crippen molar-refractivity contribution in [3.05, 3.63) is 40.9 Å². The van der Waals surface area contributed by atoms with E-state index in [1.54, 1.807) is 0 Å². The van der Waals surface area contributed by atoms with E-state index in [4.69, 9.17) is 0 Å². The van der Waals surface area contributed by atoms with Crippen LogP contribution in [0, 0.1) is 5.92 Å². The third-order valence-corrected chi connectivity index (χ3v) is 3.77. The van der Waals surface area contributed by atoms with Gasteiger partial charge in [-0.15, -0.1) is 0 Å². The monoisotopic (exact) mass is 342 g/mol. The summed E-state index contributed by atoms with van der Waals surface area (Å²) in [5, 5.41) is 18.8. The summed E-state index contributed by atoms with van der Waals surface area (Å²) in [6, 6.07) is 2.25. The molecule has 9 heteroatoms. The zero-order valence-electron chi connectivity index (χ0n) is 12.6. The van der Waals surface area contributed by atoms with Gasteiger partial charge in [-0.05, 0) is 25.5 Å². The average Bonchev–Trinajstić information content (AvgIpc) is 2.44. The van der Waals surface area contributed by atoms with Gasteiger partial charge in [-0.2, -0.15) is 13.2 Å². The van der Waals surface area contributed by atoms with Crippen LogP contribution in [0.4, 0.5) is 13.2 Å². The maximum absolute atomic E-state index is 13.3. The van der Waals surface area contributed by atoms with Crippen LogP contribution in [0.15, 0.2) is 34.6 Å². The van der Waals surface area contributed by atoms with Gasteiger partial charge in [-0.1, -0.05) is 6.07 Å². The standard InChI is InChI=1S/C15H13F3N2O4/c1-6-9(13(21)22)11(10(14(23)24)7(2)20-6)8-4-3-5-19-12(8)15(16,17)18/h3-5,9,11H,1-2H3,(H,21,22)(H,23,24). The molecule has 2 rings (SSSR count). The second kappa shape index (κ2) is 6.06. The number of aliphatic carboxylic acids is 2. The summed E-state index contributed by atoms with van der Waals surface area (Å²) in [7, 11) is 0. The highest BCUT2D eigenvalue weighted by atomic mass is 19.4. The van der Waals surface area contributed by atoms with E-state index in [9.17, 15) is 33.0 Å². The molecule has 0 bridgehead atoms. The van der Waals surface area contributed by atoms with Crippen molar-refractivity contribution in [3.63, 3.8) is 0 Å². The normalized spacial score (nSPS) is 21.5. The Bertz CT molecular complexity index is 768. The summed E-state index contributed by atoms with van der Waals surface area (Å²) < 4.78 is 39.8. The molecule has 1 aliphatic rings. The van der Waals surface area contributed by atoms with Crippen LogP contribution in [-0.4, -0.2) is 32.8 Å². The number of pyridine rings is 1. The first-order chi connectivity index (χ1) is 11.1. The number of hydrogen-bond donors (Lipinski definition) is 2. The van der Waals surface area contributed by atoms with Crippen molar-refractivity contribution in [1.82, 2.24) is 4.98 Å². The molecule has 0 saturated carbocycles. The zero-order chi connectivity index (χ0) is 18.2. The SMILES string of the molecule is CC1=NC(C)=C(C(=O)O)C(c2cccnc2C(F)(F)F)C1C(=O)O. The van der Waals surface area contributed by atoms with Crippen molar-refractivity contribution >= 4 is 17.7 Å². The molecule has 2 unspecified atom stereocenters. The van der Waals surface area contributed by atoms with Gasteiger partial charge in [0.25, 0.3) is 0 Å². The van der Waals surface area contributed by atoms with Gasteiger partial charge in [0, 0.05) is 23.5 Å². The predicted octanol–water partition coefficient (Wildman–Crippen LogP) is 2.72. The fourth-order valence-electron chi connectivity index (χ4n) is 2.88. The first kappa shape index (κ1) is 17.6. The van der Waals surface area contributed by atoms with E-state index < -0.39 is 46.8 Å². The Hall–Kier alpha value is -2.71. The van der Waals surface area contributed by atoms with E-state index in [0.717, 1.165) is 12.3 Å². The van der Waals surface area contributed by atoms with E-state index in [1.165, 1.54) is 19.9 Å². The first-order valence-electron chi connectivity index (χ1n) is 6.79. The van der Waals surface area contributed by atoms with Gasteiger partial charge in [0.15, 0.2) is 0 Å². The summed E-state index contributed by atoms with van der Waals surface area (Å²) in [6.45, 7) is 2.67. The molecule has 2 N–H and O–H groups in total. The number of aliphatic imine (C=N–C) groups is 1. The van der Waals surface area contributed by atoms with E-state index in [0.29, 0.717) is 0 Å². The predicted molar refractivity (Wildman–Crippen MR) is 76.6 cm³/mol. The lowest BCUT2D eigenvalue weighted by Gasteiger charge is -2.30. The van der Waals surface area contributed by atoms with Crippen molar-refractivity contribution in [2.24, 2.45) is 10.9 Å². The topological polar surface area (TPSA) is 99.9 Å². The molecular weight excluding hydrogens is 329 g/mol. The van der Waals surface area contributed by atoms with E-state index >= 15 is 0 Å².